The lowest BCUT2D eigenvalue weighted by Gasteiger charge is -2.09. The summed E-state index contributed by atoms with van der Waals surface area (Å²) in [4.78, 5) is 10.8. The lowest BCUT2D eigenvalue weighted by molar-refractivity contribution is 0.239. The zero-order chi connectivity index (χ0) is 10.1. The van der Waals surface area contributed by atoms with Crippen molar-refractivity contribution in [3.05, 3.63) is 0 Å². The largest absolute Gasteiger partial charge is 0.350 e. The van der Waals surface area contributed by atoms with Crippen molar-refractivity contribution in [1.82, 2.24) is 21.5 Å². The van der Waals surface area contributed by atoms with Crippen LogP contribution in [0.3, 0.4) is 0 Å². The van der Waals surface area contributed by atoms with E-state index < -0.39 is 0 Å². The van der Waals surface area contributed by atoms with Crippen LogP contribution >= 0.6 is 12.2 Å². The normalized spacial score (nSPS) is 8.00. The molecule has 0 rings (SSSR count). The molecule has 0 aliphatic rings. The average molecular weight is 200 g/mol. The Balaban J connectivity index is 3.47. The Morgan fingerprint density at radius 2 is 2.15 bits per heavy atom. The number of thiocarbonyl (C=S) groups is 1. The van der Waals surface area contributed by atoms with Gasteiger partial charge < -0.3 is 10.6 Å². The van der Waals surface area contributed by atoms with Crippen LogP contribution in [0, 0.1) is 12.3 Å². The quantitative estimate of drug-likeness (QED) is 0.271. The van der Waals surface area contributed by atoms with Gasteiger partial charge in [0.25, 0.3) is 0 Å². The zero-order valence-corrected chi connectivity index (χ0v) is 8.12. The fraction of sp³-hybridized carbons (Fsp3) is 0.429. The van der Waals surface area contributed by atoms with Crippen molar-refractivity contribution in [2.75, 3.05) is 13.1 Å². The van der Waals surface area contributed by atoms with Gasteiger partial charge in [0.05, 0.1) is 6.54 Å². The first-order chi connectivity index (χ1) is 6.20. The maximum Gasteiger partial charge on any atom is 0.333 e. The van der Waals surface area contributed by atoms with Crippen molar-refractivity contribution in [1.29, 1.82) is 0 Å². The monoisotopic (exact) mass is 200 g/mol. The molecule has 0 spiro atoms. The molecule has 4 N–H and O–H groups in total. The second-order valence-corrected chi connectivity index (χ2v) is 2.40. The smallest absolute Gasteiger partial charge is 0.333 e. The number of hydrogen-bond donors (Lipinski definition) is 4. The van der Waals surface area contributed by atoms with Gasteiger partial charge in [0.2, 0.25) is 0 Å². The van der Waals surface area contributed by atoms with Gasteiger partial charge >= 0.3 is 6.03 Å². The van der Waals surface area contributed by atoms with Gasteiger partial charge in [0, 0.05) is 6.54 Å². The standard InChI is InChI=1S/C7H12N4OS/c1-3-5-9-7(13)11-10-6(12)8-4-2/h1H,4-5H2,2H3,(H2,8,10,12)(H2,9,11,13). The van der Waals surface area contributed by atoms with Gasteiger partial charge in [-0.3, -0.25) is 5.43 Å². The molecule has 0 aliphatic carbocycles. The van der Waals surface area contributed by atoms with Crippen molar-refractivity contribution in [3.63, 3.8) is 0 Å². The molecule has 2 amide bonds. The molecule has 0 aromatic rings. The maximum atomic E-state index is 10.8. The maximum absolute atomic E-state index is 10.8. The minimum atomic E-state index is -0.340. The van der Waals surface area contributed by atoms with E-state index in [9.17, 15) is 4.79 Å². The van der Waals surface area contributed by atoms with Crippen molar-refractivity contribution in [2.45, 2.75) is 6.92 Å². The van der Waals surface area contributed by atoms with Crippen molar-refractivity contribution in [2.24, 2.45) is 0 Å². The number of amides is 2. The molecule has 13 heavy (non-hydrogen) atoms. The third-order valence-corrected chi connectivity index (χ3v) is 1.22. The van der Waals surface area contributed by atoms with E-state index in [-0.39, 0.29) is 11.1 Å². The van der Waals surface area contributed by atoms with E-state index in [2.05, 4.69) is 27.4 Å². The van der Waals surface area contributed by atoms with Crippen LogP contribution in [0.15, 0.2) is 0 Å². The van der Waals surface area contributed by atoms with E-state index in [1.165, 1.54) is 0 Å². The fourth-order valence-electron chi connectivity index (χ4n) is 0.494. The predicted molar refractivity (Wildman–Crippen MR) is 54.8 cm³/mol. The Labute approximate surface area is 82.6 Å². The molecule has 0 aromatic heterocycles. The van der Waals surface area contributed by atoms with Crippen LogP contribution in [0.4, 0.5) is 4.79 Å². The molecule has 5 nitrogen and oxygen atoms in total. The van der Waals surface area contributed by atoms with Crippen molar-refractivity contribution >= 4 is 23.4 Å². The van der Waals surface area contributed by atoms with Crippen LogP contribution in [0.1, 0.15) is 6.92 Å². The van der Waals surface area contributed by atoms with Crippen LogP contribution < -0.4 is 21.5 Å². The highest BCUT2D eigenvalue weighted by molar-refractivity contribution is 7.80. The van der Waals surface area contributed by atoms with Crippen LogP contribution in [0.2, 0.25) is 0 Å². The fourth-order valence-corrected chi connectivity index (χ4v) is 0.617. The van der Waals surface area contributed by atoms with Crippen LogP contribution in [0.25, 0.3) is 0 Å². The number of hydrazine groups is 1. The molecule has 0 fully saturated rings. The first-order valence-electron chi connectivity index (χ1n) is 3.71. The molecular weight excluding hydrogens is 188 g/mol. The van der Waals surface area contributed by atoms with E-state index in [1.54, 1.807) is 0 Å². The summed E-state index contributed by atoms with van der Waals surface area (Å²) in [6.45, 7) is 2.69. The zero-order valence-electron chi connectivity index (χ0n) is 7.31. The molecule has 0 heterocycles. The Bertz CT molecular complexity index is 223. The third-order valence-electron chi connectivity index (χ3n) is 0.978. The van der Waals surface area contributed by atoms with E-state index in [1.807, 2.05) is 6.92 Å². The van der Waals surface area contributed by atoms with Gasteiger partial charge in [0.15, 0.2) is 5.11 Å². The lowest BCUT2D eigenvalue weighted by Crippen LogP contribution is -2.50. The van der Waals surface area contributed by atoms with Gasteiger partial charge in [-0.1, -0.05) is 5.92 Å². The van der Waals surface area contributed by atoms with Crippen LogP contribution in [-0.2, 0) is 0 Å². The van der Waals surface area contributed by atoms with E-state index >= 15 is 0 Å². The van der Waals surface area contributed by atoms with Crippen molar-refractivity contribution in [3.8, 4) is 12.3 Å². The Kier molecular flexibility index (Phi) is 6.37. The molecular formula is C7H12N4OS. The second-order valence-electron chi connectivity index (χ2n) is 2.00. The Morgan fingerprint density at radius 3 is 2.69 bits per heavy atom. The molecule has 0 atom stereocenters. The first-order valence-corrected chi connectivity index (χ1v) is 4.12. The molecule has 72 valence electrons. The Morgan fingerprint density at radius 1 is 1.46 bits per heavy atom. The highest BCUT2D eigenvalue weighted by Crippen LogP contribution is 1.64. The summed E-state index contributed by atoms with van der Waals surface area (Å²) >= 11 is 4.76. The summed E-state index contributed by atoms with van der Waals surface area (Å²) in [5.74, 6) is 2.34. The van der Waals surface area contributed by atoms with Crippen LogP contribution in [0.5, 0.6) is 0 Å². The summed E-state index contributed by atoms with van der Waals surface area (Å²) in [7, 11) is 0. The number of hydrogen-bond acceptors (Lipinski definition) is 2. The van der Waals surface area contributed by atoms with Gasteiger partial charge in [-0.15, -0.1) is 6.42 Å². The molecule has 0 saturated carbocycles. The summed E-state index contributed by atoms with van der Waals surface area (Å²) in [6.07, 6.45) is 4.98. The summed E-state index contributed by atoms with van der Waals surface area (Å²) in [5.41, 5.74) is 4.78. The molecule has 6 heteroatoms. The summed E-state index contributed by atoms with van der Waals surface area (Å²) in [5, 5.41) is 5.47. The number of carbonyl (C=O) groups is 1. The molecule has 0 radical (unpaired) electrons. The molecule has 0 bridgehead atoms. The molecule has 0 aromatic carbocycles. The predicted octanol–water partition coefficient (Wildman–Crippen LogP) is -0.682. The summed E-state index contributed by atoms with van der Waals surface area (Å²) < 4.78 is 0. The molecule has 0 unspecified atom stereocenters. The van der Waals surface area contributed by atoms with E-state index in [0.717, 1.165) is 0 Å². The lowest BCUT2D eigenvalue weighted by atomic mass is 10.7. The van der Waals surface area contributed by atoms with Crippen LogP contribution in [-0.4, -0.2) is 24.2 Å². The van der Waals surface area contributed by atoms with Crippen molar-refractivity contribution < 1.29 is 4.79 Å². The van der Waals surface area contributed by atoms with Gasteiger partial charge in [0.1, 0.15) is 0 Å². The summed E-state index contributed by atoms with van der Waals surface area (Å²) in [6, 6.07) is -0.340. The second kappa shape index (κ2) is 7.18. The topological polar surface area (TPSA) is 65.2 Å². The number of urea groups is 1. The van der Waals surface area contributed by atoms with Gasteiger partial charge in [-0.25, -0.2) is 10.2 Å². The number of terminal acetylenes is 1. The van der Waals surface area contributed by atoms with E-state index in [4.69, 9.17) is 18.6 Å². The SMILES string of the molecule is C#CCNC(=S)NNC(=O)NCC. The highest BCUT2D eigenvalue weighted by atomic mass is 32.1. The number of carbonyl (C=O) groups excluding carboxylic acids is 1. The average Bonchev–Trinajstić information content (AvgIpc) is 2.12. The Hall–Kier alpha value is -1.48. The number of rotatable bonds is 2. The minimum Gasteiger partial charge on any atom is -0.350 e. The minimum absolute atomic E-state index is 0.282. The molecule has 0 aliphatic heterocycles. The van der Waals surface area contributed by atoms with Gasteiger partial charge in [-0.05, 0) is 19.1 Å². The van der Waals surface area contributed by atoms with E-state index in [0.29, 0.717) is 13.1 Å². The first kappa shape index (κ1) is 11.5. The van der Waals surface area contributed by atoms with Gasteiger partial charge in [-0.2, -0.15) is 0 Å². The highest BCUT2D eigenvalue weighted by Gasteiger charge is 1.96. The third kappa shape index (κ3) is 6.90. The molecule has 0 saturated heterocycles. The number of nitrogens with one attached hydrogen (secondary N) is 4.